The molecular formula is C36H46FN5O3. The van der Waals surface area contributed by atoms with Gasteiger partial charge in [0.25, 0.3) is 0 Å². The van der Waals surface area contributed by atoms with Crippen molar-refractivity contribution < 1.29 is 19.0 Å². The quantitative estimate of drug-likeness (QED) is 0.271. The van der Waals surface area contributed by atoms with Crippen molar-refractivity contribution in [1.82, 2.24) is 19.6 Å². The number of nitriles is 1. The van der Waals surface area contributed by atoms with Gasteiger partial charge in [-0.3, -0.25) is 14.4 Å². The van der Waals surface area contributed by atoms with Crippen LogP contribution in [0.15, 0.2) is 48.5 Å². The van der Waals surface area contributed by atoms with E-state index >= 15 is 0 Å². The van der Waals surface area contributed by atoms with Gasteiger partial charge < -0.3 is 14.7 Å². The topological polar surface area (TPSA) is 94.6 Å². The van der Waals surface area contributed by atoms with Gasteiger partial charge in [0.2, 0.25) is 0 Å². The monoisotopic (exact) mass is 615 g/mol. The standard InChI is InChI=1S/C36H46FN5O3/c1-5-24(3)35(36(43)44)41-22-29(32(23-41)27-8-7-9-30(37)18-27)21-40-14-12-26(13-15-40)33-19-31(39-42(33)6-2)17-25-10-11-34(45-4)28(16-25)20-38/h7-11,16,18-19,24,26,29,32,35H,5-6,12-15,17,21-23H2,1-4H3,(H,43,44)/t24-,29-,32+,35+/m0/s1. The molecule has 2 aliphatic rings. The van der Waals surface area contributed by atoms with Crippen LogP contribution in [0, 0.1) is 29.0 Å². The molecule has 0 spiro atoms. The van der Waals surface area contributed by atoms with Gasteiger partial charge >= 0.3 is 5.97 Å². The van der Waals surface area contributed by atoms with Crippen molar-refractivity contribution in [2.45, 2.75) is 70.9 Å². The first-order chi connectivity index (χ1) is 21.7. The summed E-state index contributed by atoms with van der Waals surface area (Å²) in [5, 5.41) is 24.5. The van der Waals surface area contributed by atoms with Gasteiger partial charge in [-0.2, -0.15) is 10.4 Å². The molecule has 8 nitrogen and oxygen atoms in total. The third-order valence-corrected chi connectivity index (χ3v) is 10.0. The number of carbonyl (C=O) groups is 1. The lowest BCUT2D eigenvalue weighted by Crippen LogP contribution is -2.45. The Morgan fingerprint density at radius 2 is 1.93 bits per heavy atom. The maximum Gasteiger partial charge on any atom is 0.321 e. The summed E-state index contributed by atoms with van der Waals surface area (Å²) in [7, 11) is 1.57. The maximum atomic E-state index is 14.3. The van der Waals surface area contributed by atoms with E-state index in [1.807, 2.05) is 38.1 Å². The minimum absolute atomic E-state index is 0.0385. The number of hydrogen-bond acceptors (Lipinski definition) is 6. The van der Waals surface area contributed by atoms with Crippen LogP contribution in [0.2, 0.25) is 0 Å². The molecule has 2 aromatic carbocycles. The van der Waals surface area contributed by atoms with Crippen LogP contribution in [0.5, 0.6) is 5.75 Å². The number of hydrogen-bond donors (Lipinski definition) is 1. The number of nitrogens with zero attached hydrogens (tertiary/aromatic N) is 5. The van der Waals surface area contributed by atoms with Crippen molar-refractivity contribution >= 4 is 5.97 Å². The summed E-state index contributed by atoms with van der Waals surface area (Å²) in [6, 6.07) is 16.5. The van der Waals surface area contributed by atoms with Gasteiger partial charge in [0.1, 0.15) is 23.7 Å². The number of methoxy groups -OCH3 is 1. The number of aliphatic carboxylic acids is 1. The Hall–Kier alpha value is -3.74. The lowest BCUT2D eigenvalue weighted by atomic mass is 9.87. The van der Waals surface area contributed by atoms with E-state index in [9.17, 15) is 19.6 Å². The van der Waals surface area contributed by atoms with E-state index in [0.717, 1.165) is 62.3 Å². The first kappa shape index (κ1) is 32.6. The largest absolute Gasteiger partial charge is 0.495 e. The average molecular weight is 616 g/mol. The van der Waals surface area contributed by atoms with Gasteiger partial charge in [-0.05, 0) is 86.1 Å². The molecule has 0 saturated carbocycles. The Morgan fingerprint density at radius 3 is 2.58 bits per heavy atom. The number of benzene rings is 2. The Balaban J connectivity index is 1.26. The number of aromatic nitrogens is 2. The summed E-state index contributed by atoms with van der Waals surface area (Å²) in [6.45, 7) is 11.1. The third-order valence-electron chi connectivity index (χ3n) is 10.0. The van der Waals surface area contributed by atoms with Crippen LogP contribution in [-0.4, -0.2) is 76.5 Å². The molecule has 240 valence electrons. The fourth-order valence-corrected chi connectivity index (χ4v) is 7.47. The van der Waals surface area contributed by atoms with Crippen LogP contribution in [-0.2, 0) is 17.8 Å². The summed E-state index contributed by atoms with van der Waals surface area (Å²) in [4.78, 5) is 17.0. The lowest BCUT2D eigenvalue weighted by molar-refractivity contribution is -0.145. The van der Waals surface area contributed by atoms with Gasteiger partial charge in [-0.15, -0.1) is 0 Å². The fourth-order valence-electron chi connectivity index (χ4n) is 7.47. The number of likely N-dealkylation sites (tertiary alicyclic amines) is 2. The van der Waals surface area contributed by atoms with Crippen molar-refractivity contribution in [1.29, 1.82) is 5.26 Å². The Bertz CT molecular complexity index is 1510. The lowest BCUT2D eigenvalue weighted by Gasteiger charge is -2.35. The Labute approximate surface area is 266 Å². The number of aryl methyl sites for hydroxylation is 1. The molecule has 2 aliphatic heterocycles. The summed E-state index contributed by atoms with van der Waals surface area (Å²) in [5.74, 6) is 0.334. The van der Waals surface area contributed by atoms with Crippen LogP contribution < -0.4 is 4.74 Å². The van der Waals surface area contributed by atoms with Crippen molar-refractivity contribution in [3.63, 3.8) is 0 Å². The zero-order chi connectivity index (χ0) is 32.1. The molecular weight excluding hydrogens is 569 g/mol. The summed E-state index contributed by atoms with van der Waals surface area (Å²) >= 11 is 0. The number of carboxylic acids is 1. The van der Waals surface area contributed by atoms with Crippen LogP contribution in [0.1, 0.15) is 79.9 Å². The molecule has 2 saturated heterocycles. The van der Waals surface area contributed by atoms with Gasteiger partial charge in [0, 0.05) is 50.1 Å². The van der Waals surface area contributed by atoms with Crippen LogP contribution in [0.4, 0.5) is 4.39 Å². The molecule has 0 amide bonds. The van der Waals surface area contributed by atoms with E-state index in [4.69, 9.17) is 9.84 Å². The first-order valence-electron chi connectivity index (χ1n) is 16.3. The summed E-state index contributed by atoms with van der Waals surface area (Å²) in [5.41, 5.74) is 4.79. The molecule has 3 heterocycles. The van der Waals surface area contributed by atoms with Crippen molar-refractivity contribution in [2.24, 2.45) is 11.8 Å². The molecule has 4 atom stereocenters. The summed E-state index contributed by atoms with van der Waals surface area (Å²) in [6.07, 6.45) is 3.51. The minimum Gasteiger partial charge on any atom is -0.495 e. The highest BCUT2D eigenvalue weighted by Crippen LogP contribution is 2.38. The SMILES string of the molecule is CC[C@H](C)[C@H](C(=O)O)N1C[C@H](CN2CCC(c3cc(Cc4ccc(OC)c(C#N)c4)nn3CC)CC2)[C@@H](c2cccc(F)c2)C1. The predicted molar refractivity (Wildman–Crippen MR) is 172 cm³/mol. The fraction of sp³-hybridized carbons (Fsp3) is 0.528. The molecule has 1 N–H and O–H groups in total. The molecule has 1 aromatic heterocycles. The van der Waals surface area contributed by atoms with E-state index in [1.165, 1.54) is 11.8 Å². The molecule has 0 radical (unpaired) electrons. The number of piperidine rings is 1. The zero-order valence-electron chi connectivity index (χ0n) is 27.0. The molecule has 9 heteroatoms. The summed E-state index contributed by atoms with van der Waals surface area (Å²) < 4.78 is 21.7. The maximum absolute atomic E-state index is 14.3. The van der Waals surface area contributed by atoms with E-state index in [2.05, 4.69) is 33.5 Å². The molecule has 0 bridgehead atoms. The number of ether oxygens (including phenoxy) is 1. The molecule has 3 aromatic rings. The van der Waals surface area contributed by atoms with Gasteiger partial charge in [0.05, 0.1) is 18.4 Å². The molecule has 5 rings (SSSR count). The van der Waals surface area contributed by atoms with E-state index < -0.39 is 12.0 Å². The zero-order valence-corrected chi connectivity index (χ0v) is 27.0. The molecule has 2 fully saturated rings. The van der Waals surface area contributed by atoms with E-state index in [1.54, 1.807) is 19.2 Å². The van der Waals surface area contributed by atoms with E-state index in [-0.39, 0.29) is 23.6 Å². The van der Waals surface area contributed by atoms with Crippen molar-refractivity contribution in [2.75, 3.05) is 39.8 Å². The van der Waals surface area contributed by atoms with Crippen molar-refractivity contribution in [3.8, 4) is 11.8 Å². The average Bonchev–Trinajstić information content (AvgIpc) is 3.65. The second-order valence-corrected chi connectivity index (χ2v) is 12.8. The van der Waals surface area contributed by atoms with Crippen LogP contribution in [0.3, 0.4) is 0 Å². The minimum atomic E-state index is -0.770. The number of halogens is 1. The molecule has 45 heavy (non-hydrogen) atoms. The Kier molecular flexibility index (Phi) is 10.6. The van der Waals surface area contributed by atoms with Gasteiger partial charge in [-0.1, -0.05) is 38.5 Å². The highest BCUT2D eigenvalue weighted by molar-refractivity contribution is 5.74. The highest BCUT2D eigenvalue weighted by Gasteiger charge is 2.42. The second kappa shape index (κ2) is 14.6. The van der Waals surface area contributed by atoms with Crippen LogP contribution in [0.25, 0.3) is 0 Å². The first-order valence-corrected chi connectivity index (χ1v) is 16.3. The van der Waals surface area contributed by atoms with Crippen molar-refractivity contribution in [3.05, 3.63) is 82.4 Å². The smallest absolute Gasteiger partial charge is 0.321 e. The predicted octanol–water partition coefficient (Wildman–Crippen LogP) is 5.91. The Morgan fingerprint density at radius 1 is 1.16 bits per heavy atom. The van der Waals surface area contributed by atoms with Crippen LogP contribution >= 0.6 is 0 Å². The molecule has 0 aliphatic carbocycles. The number of carboxylic acid groups (broad SMARTS) is 1. The highest BCUT2D eigenvalue weighted by atomic mass is 19.1. The van der Waals surface area contributed by atoms with E-state index in [0.29, 0.717) is 36.7 Å². The third kappa shape index (κ3) is 7.40. The molecule has 0 unspecified atom stereocenters. The number of rotatable bonds is 12. The van der Waals surface area contributed by atoms with Gasteiger partial charge in [-0.25, -0.2) is 4.39 Å². The van der Waals surface area contributed by atoms with Gasteiger partial charge in [0.15, 0.2) is 0 Å². The second-order valence-electron chi connectivity index (χ2n) is 12.8. The normalized spacial score (nSPS) is 21.0.